The van der Waals surface area contributed by atoms with Crippen molar-refractivity contribution in [1.29, 1.82) is 0 Å². The highest BCUT2D eigenvalue weighted by atomic mass is 79.9. The molecule has 0 aliphatic heterocycles. The Labute approximate surface area is 128 Å². The molecule has 6 heteroatoms. The summed E-state index contributed by atoms with van der Waals surface area (Å²) >= 11 is 6.69. The van der Waals surface area contributed by atoms with Crippen molar-refractivity contribution in [1.82, 2.24) is 0 Å². The number of ether oxygens (including phenoxy) is 3. The van der Waals surface area contributed by atoms with E-state index in [1.165, 1.54) is 6.07 Å². The van der Waals surface area contributed by atoms with Gasteiger partial charge in [-0.25, -0.2) is 4.39 Å². The van der Waals surface area contributed by atoms with Crippen LogP contribution in [0.1, 0.15) is 6.42 Å². The molecule has 0 radical (unpaired) electrons. The zero-order chi connectivity index (χ0) is 13.8. The maximum Gasteiger partial charge on any atom is 0.137 e. The van der Waals surface area contributed by atoms with Crippen molar-refractivity contribution in [2.75, 3.05) is 20.3 Å². The molecule has 1 fully saturated rings. The number of alkyl halides is 1. The Balaban J connectivity index is 1.89. The van der Waals surface area contributed by atoms with Crippen LogP contribution < -0.4 is 4.74 Å². The molecule has 106 valence electrons. The normalized spacial score (nSPS) is 26.0. The Hall–Kier alpha value is -0.170. The van der Waals surface area contributed by atoms with Gasteiger partial charge in [-0.2, -0.15) is 0 Å². The predicted molar refractivity (Wildman–Crippen MR) is 77.5 cm³/mol. The van der Waals surface area contributed by atoms with E-state index in [1.807, 2.05) is 0 Å². The third kappa shape index (κ3) is 3.90. The van der Waals surface area contributed by atoms with E-state index in [1.54, 1.807) is 19.2 Å². The minimum Gasteiger partial charge on any atom is -0.488 e. The van der Waals surface area contributed by atoms with Crippen LogP contribution >= 0.6 is 31.9 Å². The second-order valence-electron chi connectivity index (χ2n) is 4.31. The van der Waals surface area contributed by atoms with Crippen LogP contribution in [-0.2, 0) is 9.47 Å². The monoisotopic (exact) mass is 396 g/mol. The van der Waals surface area contributed by atoms with Crippen LogP contribution in [0.4, 0.5) is 4.39 Å². The highest BCUT2D eigenvalue weighted by molar-refractivity contribution is 9.10. The summed E-state index contributed by atoms with van der Waals surface area (Å²) in [5.41, 5.74) is 0. The van der Waals surface area contributed by atoms with Gasteiger partial charge in [-0.05, 0) is 34.1 Å². The minimum absolute atomic E-state index is 0.000946. The molecule has 1 saturated carbocycles. The number of hydrogen-bond acceptors (Lipinski definition) is 3. The topological polar surface area (TPSA) is 27.7 Å². The van der Waals surface area contributed by atoms with E-state index >= 15 is 0 Å². The van der Waals surface area contributed by atoms with E-state index in [4.69, 9.17) is 14.2 Å². The Bertz CT molecular complexity index is 430. The van der Waals surface area contributed by atoms with Crippen LogP contribution in [0.5, 0.6) is 5.75 Å². The van der Waals surface area contributed by atoms with E-state index < -0.39 is 0 Å². The molecule has 19 heavy (non-hydrogen) atoms. The maximum absolute atomic E-state index is 13.1. The van der Waals surface area contributed by atoms with Gasteiger partial charge in [-0.3, -0.25) is 0 Å². The van der Waals surface area contributed by atoms with Crippen LogP contribution in [0, 0.1) is 5.82 Å². The fourth-order valence-electron chi connectivity index (χ4n) is 1.85. The van der Waals surface area contributed by atoms with Crippen LogP contribution in [0.3, 0.4) is 0 Å². The number of benzene rings is 1. The largest absolute Gasteiger partial charge is 0.488 e. The van der Waals surface area contributed by atoms with Crippen molar-refractivity contribution in [3.8, 4) is 5.75 Å². The number of rotatable bonds is 6. The van der Waals surface area contributed by atoms with Gasteiger partial charge in [-0.15, -0.1) is 0 Å². The highest BCUT2D eigenvalue weighted by Gasteiger charge is 2.42. The van der Waals surface area contributed by atoms with Crippen LogP contribution in [0.25, 0.3) is 0 Å². The molecule has 3 atom stereocenters. The van der Waals surface area contributed by atoms with Gasteiger partial charge in [0.2, 0.25) is 0 Å². The number of hydrogen-bond donors (Lipinski definition) is 0. The molecule has 3 unspecified atom stereocenters. The fourth-order valence-corrected chi connectivity index (χ4v) is 3.07. The van der Waals surface area contributed by atoms with E-state index in [-0.39, 0.29) is 18.0 Å². The van der Waals surface area contributed by atoms with Crippen molar-refractivity contribution >= 4 is 31.9 Å². The van der Waals surface area contributed by atoms with Crippen molar-refractivity contribution < 1.29 is 18.6 Å². The van der Waals surface area contributed by atoms with Gasteiger partial charge in [-0.1, -0.05) is 15.9 Å². The predicted octanol–water partition coefficient (Wildman–Crippen LogP) is 3.53. The minimum atomic E-state index is -0.299. The van der Waals surface area contributed by atoms with Crippen molar-refractivity contribution in [2.24, 2.45) is 0 Å². The van der Waals surface area contributed by atoms with Gasteiger partial charge in [0.05, 0.1) is 17.7 Å². The molecule has 1 aliphatic carbocycles. The Morgan fingerprint density at radius 3 is 2.79 bits per heavy atom. The first-order valence-corrected chi connectivity index (χ1v) is 7.69. The van der Waals surface area contributed by atoms with E-state index in [0.29, 0.717) is 28.3 Å². The molecule has 0 bridgehead atoms. The van der Waals surface area contributed by atoms with Crippen molar-refractivity contribution in [2.45, 2.75) is 23.5 Å². The van der Waals surface area contributed by atoms with E-state index in [0.717, 1.165) is 6.42 Å². The summed E-state index contributed by atoms with van der Waals surface area (Å²) < 4.78 is 30.0. The second kappa shape index (κ2) is 7.02. The van der Waals surface area contributed by atoms with Gasteiger partial charge >= 0.3 is 0 Å². The summed E-state index contributed by atoms with van der Waals surface area (Å²) in [5.74, 6) is 0.338. The molecule has 0 saturated heterocycles. The van der Waals surface area contributed by atoms with Crippen LogP contribution in [0.15, 0.2) is 22.7 Å². The molecule has 1 aromatic carbocycles. The lowest BCUT2D eigenvalue weighted by molar-refractivity contribution is -0.0865. The first-order chi connectivity index (χ1) is 9.11. The highest BCUT2D eigenvalue weighted by Crippen LogP contribution is 2.35. The summed E-state index contributed by atoms with van der Waals surface area (Å²) in [6.45, 7) is 1.10. The molecule has 1 aliphatic rings. The molecular weight excluding hydrogens is 383 g/mol. The molecule has 0 spiro atoms. The Kier molecular flexibility index (Phi) is 5.62. The molecule has 0 heterocycles. The molecule has 0 N–H and O–H groups in total. The fraction of sp³-hybridized carbons (Fsp3) is 0.538. The summed E-state index contributed by atoms with van der Waals surface area (Å²) in [6, 6.07) is 4.63. The second-order valence-corrected chi connectivity index (χ2v) is 6.34. The molecule has 3 nitrogen and oxygen atoms in total. The van der Waals surface area contributed by atoms with Crippen molar-refractivity contribution in [3.05, 3.63) is 28.5 Å². The molecular formula is C13H15Br2FO3. The summed E-state index contributed by atoms with van der Waals surface area (Å²) in [6.07, 6.45) is 0.852. The van der Waals surface area contributed by atoms with Crippen LogP contribution in [-0.4, -0.2) is 37.4 Å². The quantitative estimate of drug-likeness (QED) is 0.542. The third-order valence-corrected chi connectivity index (χ3v) is 4.46. The summed E-state index contributed by atoms with van der Waals surface area (Å²) in [5, 5.41) is 0. The molecule has 0 amide bonds. The van der Waals surface area contributed by atoms with E-state index in [2.05, 4.69) is 31.9 Å². The van der Waals surface area contributed by atoms with E-state index in [9.17, 15) is 4.39 Å². The first kappa shape index (κ1) is 15.2. The molecule has 0 aromatic heterocycles. The van der Waals surface area contributed by atoms with Crippen molar-refractivity contribution in [3.63, 3.8) is 0 Å². The van der Waals surface area contributed by atoms with Gasteiger partial charge in [0, 0.05) is 18.4 Å². The smallest absolute Gasteiger partial charge is 0.137 e. The lowest BCUT2D eigenvalue weighted by atomic mass is 9.91. The van der Waals surface area contributed by atoms with Gasteiger partial charge in [0.25, 0.3) is 0 Å². The lowest BCUT2D eigenvalue weighted by Gasteiger charge is -2.40. The first-order valence-electron chi connectivity index (χ1n) is 5.98. The average molecular weight is 398 g/mol. The third-order valence-electron chi connectivity index (χ3n) is 2.96. The summed E-state index contributed by atoms with van der Waals surface area (Å²) in [7, 11) is 1.64. The zero-order valence-electron chi connectivity index (χ0n) is 10.4. The Morgan fingerprint density at radius 2 is 2.16 bits per heavy atom. The molecule has 2 rings (SSSR count). The van der Waals surface area contributed by atoms with Gasteiger partial charge in [0.15, 0.2) is 0 Å². The SMILES string of the molecule is COCCOC1C(Br)CC1Oc1ccc(F)c(Br)c1. The lowest BCUT2D eigenvalue weighted by Crippen LogP contribution is -2.52. The Morgan fingerprint density at radius 1 is 1.37 bits per heavy atom. The maximum atomic E-state index is 13.1. The zero-order valence-corrected chi connectivity index (χ0v) is 13.6. The standard InChI is InChI=1S/C13H15Br2FO3/c1-17-4-5-18-13-10(15)7-12(13)19-8-2-3-11(16)9(14)6-8/h2-3,6,10,12-13H,4-5,7H2,1H3. The van der Waals surface area contributed by atoms with Gasteiger partial charge < -0.3 is 14.2 Å². The number of halogens is 3. The van der Waals surface area contributed by atoms with Crippen LogP contribution in [0.2, 0.25) is 0 Å². The summed E-state index contributed by atoms with van der Waals surface area (Å²) in [4.78, 5) is 0.290. The average Bonchev–Trinajstić information content (AvgIpc) is 2.38. The van der Waals surface area contributed by atoms with Gasteiger partial charge in [0.1, 0.15) is 23.8 Å². The molecule has 1 aromatic rings. The number of methoxy groups -OCH3 is 1.